The van der Waals surface area contributed by atoms with Crippen molar-refractivity contribution in [1.29, 1.82) is 0 Å². The maximum absolute atomic E-state index is 15.7. The van der Waals surface area contributed by atoms with Crippen molar-refractivity contribution < 1.29 is 23.0 Å². The number of hydrogen-bond donors (Lipinski definition) is 0. The molecule has 0 saturated carbocycles. The minimum atomic E-state index is -3.31. The lowest BCUT2D eigenvalue weighted by atomic mass is 9.99. The molecule has 12 heteroatoms. The molecule has 1 atom stereocenters. The van der Waals surface area contributed by atoms with Crippen molar-refractivity contribution in [3.8, 4) is 5.75 Å². The summed E-state index contributed by atoms with van der Waals surface area (Å²) in [5.41, 5.74) is 0.242. The molecule has 0 bridgehead atoms. The van der Waals surface area contributed by atoms with E-state index < -0.39 is 24.1 Å². The molecule has 2 aliphatic heterocycles. The summed E-state index contributed by atoms with van der Waals surface area (Å²) in [6.45, 7) is 0.192. The third-order valence-corrected chi connectivity index (χ3v) is 7.77. The van der Waals surface area contributed by atoms with Gasteiger partial charge in [-0.3, -0.25) is 9.36 Å². The van der Waals surface area contributed by atoms with Gasteiger partial charge in [0.2, 0.25) is 5.91 Å². The zero-order chi connectivity index (χ0) is 24.3. The number of benzene rings is 1. The van der Waals surface area contributed by atoms with Crippen molar-refractivity contribution >= 4 is 33.1 Å². The van der Waals surface area contributed by atoms with Gasteiger partial charge in [0.15, 0.2) is 5.65 Å². The van der Waals surface area contributed by atoms with Gasteiger partial charge in [-0.2, -0.15) is 18.4 Å². The first kappa shape index (κ1) is 24.3. The van der Waals surface area contributed by atoms with Gasteiger partial charge in [-0.15, -0.1) is 11.3 Å². The highest BCUT2D eigenvalue weighted by molar-refractivity contribution is 7.19. The number of nitrogens with zero attached hydrogens (tertiary/aromatic N) is 5. The molecule has 2 aliphatic rings. The Bertz CT molecular complexity index is 1510. The lowest BCUT2D eigenvalue weighted by Gasteiger charge is -2.34. The number of fused-ring (bicyclic) bond motifs is 5. The number of hydrogen-bond acceptors (Lipinski definition) is 7. The molecule has 3 aromatic heterocycles. The van der Waals surface area contributed by atoms with Crippen LogP contribution < -0.4 is 10.4 Å². The predicted molar refractivity (Wildman–Crippen MR) is 130 cm³/mol. The lowest BCUT2D eigenvalue weighted by Crippen LogP contribution is -2.45. The monoisotopic (exact) mass is 517 g/mol. The van der Waals surface area contributed by atoms with Crippen LogP contribution in [0.15, 0.2) is 35.4 Å². The molecule has 6 rings (SSSR count). The van der Waals surface area contributed by atoms with Crippen molar-refractivity contribution in [2.24, 2.45) is 5.92 Å². The SMILES string of the molecule is C.COc1ccc(Cn2c(=O)n3ncnc3c3c4c(sc32)CN(C(=O)C2CCOC2)CC4(F)F)cc1. The first-order chi connectivity index (χ1) is 16.9. The average molecular weight is 518 g/mol. The number of methoxy groups -OCH3 is 1. The molecule has 0 radical (unpaired) electrons. The van der Waals surface area contributed by atoms with Crippen LogP contribution in [0.25, 0.3) is 15.9 Å². The number of alkyl halides is 2. The standard InChI is InChI=1S/C23H21F2N5O4S.CH4/c1-33-15-4-2-13(3-5-15)8-29-21-17(19-26-12-27-30(19)22(29)32)18-16(35-21)9-28(11-23(18,24)25)20(31)14-6-7-34-10-14;/h2-5,12,14H,6-11H2,1H3;1H4. The fourth-order valence-corrected chi connectivity index (χ4v) is 6.21. The predicted octanol–water partition coefficient (Wildman–Crippen LogP) is 3.27. The van der Waals surface area contributed by atoms with Crippen LogP contribution >= 0.6 is 11.3 Å². The van der Waals surface area contributed by atoms with E-state index in [4.69, 9.17) is 9.47 Å². The van der Waals surface area contributed by atoms with Crippen LogP contribution in [0.4, 0.5) is 8.78 Å². The highest BCUT2D eigenvalue weighted by Gasteiger charge is 2.47. The van der Waals surface area contributed by atoms with Crippen LogP contribution in [0.5, 0.6) is 5.75 Å². The van der Waals surface area contributed by atoms with Gasteiger partial charge in [-0.05, 0) is 24.1 Å². The molecule has 0 N–H and O–H groups in total. The highest BCUT2D eigenvalue weighted by atomic mass is 32.1. The summed E-state index contributed by atoms with van der Waals surface area (Å²) in [4.78, 5) is 32.3. The average Bonchev–Trinajstić information content (AvgIpc) is 3.60. The quantitative estimate of drug-likeness (QED) is 0.413. The Labute approximate surface area is 208 Å². The lowest BCUT2D eigenvalue weighted by molar-refractivity contribution is -0.144. The van der Waals surface area contributed by atoms with Crippen LogP contribution in [0, 0.1) is 5.92 Å². The minimum Gasteiger partial charge on any atom is -0.497 e. The number of ether oxygens (including phenoxy) is 2. The Morgan fingerprint density at radius 3 is 2.78 bits per heavy atom. The normalized spacial score (nSPS) is 18.9. The van der Waals surface area contributed by atoms with Crippen LogP contribution in [0.3, 0.4) is 0 Å². The van der Waals surface area contributed by atoms with E-state index in [1.165, 1.54) is 15.8 Å². The second kappa shape index (κ2) is 8.93. The van der Waals surface area contributed by atoms with Crippen molar-refractivity contribution in [2.45, 2.75) is 32.9 Å². The number of aromatic nitrogens is 4. The van der Waals surface area contributed by atoms with Gasteiger partial charge >= 0.3 is 5.69 Å². The van der Waals surface area contributed by atoms with E-state index >= 15 is 8.78 Å². The molecule has 1 unspecified atom stereocenters. The number of carbonyl (C=O) groups is 1. The van der Waals surface area contributed by atoms with Gasteiger partial charge in [0.05, 0.1) is 50.2 Å². The summed E-state index contributed by atoms with van der Waals surface area (Å²) in [5, 5.41) is 4.21. The first-order valence-electron chi connectivity index (χ1n) is 11.1. The van der Waals surface area contributed by atoms with E-state index in [-0.39, 0.29) is 49.6 Å². The van der Waals surface area contributed by atoms with E-state index in [2.05, 4.69) is 10.1 Å². The molecule has 1 aromatic carbocycles. The van der Waals surface area contributed by atoms with Gasteiger partial charge in [0.1, 0.15) is 16.9 Å². The smallest absolute Gasteiger partial charge is 0.352 e. The number of halogens is 2. The van der Waals surface area contributed by atoms with Crippen LogP contribution in [-0.4, -0.2) is 56.8 Å². The summed E-state index contributed by atoms with van der Waals surface area (Å²) >= 11 is 1.10. The summed E-state index contributed by atoms with van der Waals surface area (Å²) in [6.07, 6.45) is 1.72. The van der Waals surface area contributed by atoms with E-state index in [9.17, 15) is 9.59 Å². The number of rotatable bonds is 4. The molecule has 5 heterocycles. The summed E-state index contributed by atoms with van der Waals surface area (Å²) in [6, 6.07) is 7.18. The fraction of sp³-hybridized carbons (Fsp3) is 0.417. The Hall–Kier alpha value is -3.38. The number of carbonyl (C=O) groups excluding carboxylic acids is 1. The Morgan fingerprint density at radius 2 is 2.08 bits per heavy atom. The van der Waals surface area contributed by atoms with Gasteiger partial charge < -0.3 is 14.4 Å². The largest absolute Gasteiger partial charge is 0.497 e. The summed E-state index contributed by atoms with van der Waals surface area (Å²) in [7, 11) is 1.56. The maximum Gasteiger partial charge on any atom is 0.352 e. The number of amides is 1. The molecule has 190 valence electrons. The summed E-state index contributed by atoms with van der Waals surface area (Å²) < 4.78 is 44.3. The van der Waals surface area contributed by atoms with Gasteiger partial charge in [0, 0.05) is 11.5 Å². The molecule has 4 aromatic rings. The zero-order valence-corrected chi connectivity index (χ0v) is 19.6. The Morgan fingerprint density at radius 1 is 1.31 bits per heavy atom. The van der Waals surface area contributed by atoms with E-state index in [1.807, 2.05) is 12.1 Å². The van der Waals surface area contributed by atoms with E-state index in [0.29, 0.717) is 28.5 Å². The second-order valence-corrected chi connectivity index (χ2v) is 9.84. The van der Waals surface area contributed by atoms with Crippen molar-refractivity contribution in [1.82, 2.24) is 24.1 Å². The number of thiophene rings is 1. The van der Waals surface area contributed by atoms with Crippen molar-refractivity contribution in [3.05, 3.63) is 57.1 Å². The van der Waals surface area contributed by atoms with Crippen LogP contribution in [0.1, 0.15) is 29.9 Å². The van der Waals surface area contributed by atoms with Gasteiger partial charge in [-0.25, -0.2) is 9.78 Å². The first-order valence-corrected chi connectivity index (χ1v) is 11.9. The van der Waals surface area contributed by atoms with E-state index in [1.54, 1.807) is 19.2 Å². The maximum atomic E-state index is 15.7. The van der Waals surface area contributed by atoms with Crippen molar-refractivity contribution in [2.75, 3.05) is 26.9 Å². The third kappa shape index (κ3) is 3.75. The van der Waals surface area contributed by atoms with Gasteiger partial charge in [-0.1, -0.05) is 19.6 Å². The van der Waals surface area contributed by atoms with Crippen molar-refractivity contribution in [3.63, 3.8) is 0 Å². The Kier molecular flexibility index (Phi) is 6.03. The fourth-order valence-electron chi connectivity index (χ4n) is 4.86. The molecule has 1 fully saturated rings. The highest BCUT2D eigenvalue weighted by Crippen LogP contribution is 2.46. The molecular formula is C24H25F2N5O4S. The van der Waals surface area contributed by atoms with Crippen LogP contribution in [0.2, 0.25) is 0 Å². The van der Waals surface area contributed by atoms with E-state index in [0.717, 1.165) is 21.4 Å². The molecule has 1 saturated heterocycles. The second-order valence-electron chi connectivity index (χ2n) is 8.75. The molecular weight excluding hydrogens is 492 g/mol. The third-order valence-electron chi connectivity index (χ3n) is 6.57. The molecule has 0 spiro atoms. The molecule has 9 nitrogen and oxygen atoms in total. The molecule has 1 amide bonds. The Balaban J connectivity index is 0.00000267. The molecule has 0 aliphatic carbocycles. The minimum absolute atomic E-state index is 0. The molecule has 36 heavy (non-hydrogen) atoms. The zero-order valence-electron chi connectivity index (χ0n) is 18.7. The van der Waals surface area contributed by atoms with Crippen LogP contribution in [-0.2, 0) is 28.5 Å². The van der Waals surface area contributed by atoms with Gasteiger partial charge in [0.25, 0.3) is 5.92 Å². The topological polar surface area (TPSA) is 91.0 Å². The summed E-state index contributed by atoms with van der Waals surface area (Å²) in [5.74, 6) is -3.37.